The minimum Gasteiger partial charge on any atom is -0.476 e. The standard InChI is InChI=1S/C28H26N5O4S/c1-18-25(26(27(34)35)33(31-18)23-11-7-5-9-20(23)17-29)19-13-15-21(16-14-19)30-22-10-6-8-12-24(22)38(36,37)32-28(2,3)4/h5-6,8-16,30,32H,1-4H3,(H,34,35). The van der Waals surface area contributed by atoms with Crippen molar-refractivity contribution >= 4 is 27.4 Å². The molecule has 0 aliphatic carbocycles. The second-order valence-electron chi connectivity index (χ2n) is 9.64. The van der Waals surface area contributed by atoms with Crippen LogP contribution in [0.3, 0.4) is 0 Å². The summed E-state index contributed by atoms with van der Waals surface area (Å²) in [7, 11) is -3.78. The van der Waals surface area contributed by atoms with E-state index in [9.17, 15) is 23.6 Å². The maximum atomic E-state index is 13.0. The molecule has 0 spiro atoms. The molecule has 0 atom stereocenters. The van der Waals surface area contributed by atoms with E-state index >= 15 is 0 Å². The van der Waals surface area contributed by atoms with Crippen LogP contribution < -0.4 is 10.0 Å². The Morgan fingerprint density at radius 2 is 1.79 bits per heavy atom. The SMILES string of the molecule is Cc1nn(-c2c[c]ccc2C#N)c(C(=O)O)c1-c1ccc(Nc2ccccc2S(=O)(=O)NC(C)(C)C)cc1. The average molecular weight is 529 g/mol. The van der Waals surface area contributed by atoms with Gasteiger partial charge < -0.3 is 10.4 Å². The number of carboxylic acid groups (broad SMARTS) is 1. The minimum absolute atomic E-state index is 0.0796. The highest BCUT2D eigenvalue weighted by Crippen LogP contribution is 2.32. The van der Waals surface area contributed by atoms with Crippen LogP contribution in [0.2, 0.25) is 0 Å². The maximum Gasteiger partial charge on any atom is 0.355 e. The molecule has 0 aliphatic rings. The number of carbonyl (C=O) groups is 1. The van der Waals surface area contributed by atoms with Crippen molar-refractivity contribution in [2.75, 3.05) is 5.32 Å². The summed E-state index contributed by atoms with van der Waals surface area (Å²) >= 11 is 0. The number of benzene rings is 3. The van der Waals surface area contributed by atoms with Crippen LogP contribution in [0.4, 0.5) is 11.4 Å². The zero-order valence-electron chi connectivity index (χ0n) is 21.3. The summed E-state index contributed by atoms with van der Waals surface area (Å²) in [6, 6.07) is 23.1. The fourth-order valence-corrected chi connectivity index (χ4v) is 5.66. The lowest BCUT2D eigenvalue weighted by Gasteiger charge is -2.22. The van der Waals surface area contributed by atoms with Crippen LogP contribution >= 0.6 is 0 Å². The molecule has 0 unspecified atom stereocenters. The van der Waals surface area contributed by atoms with Crippen LogP contribution in [-0.2, 0) is 10.0 Å². The molecule has 3 N–H and O–H groups in total. The number of hydrogen-bond acceptors (Lipinski definition) is 6. The molecule has 4 aromatic rings. The third-order valence-corrected chi connectivity index (χ3v) is 7.34. The van der Waals surface area contributed by atoms with Gasteiger partial charge >= 0.3 is 5.97 Å². The fraction of sp³-hybridized carbons (Fsp3) is 0.179. The van der Waals surface area contributed by atoms with Crippen molar-refractivity contribution in [3.05, 3.63) is 89.7 Å². The average Bonchev–Trinajstić information content (AvgIpc) is 3.20. The minimum atomic E-state index is -3.78. The number of sulfonamides is 1. The van der Waals surface area contributed by atoms with Gasteiger partial charge in [0.2, 0.25) is 10.0 Å². The zero-order chi connectivity index (χ0) is 27.7. The molecule has 9 nitrogen and oxygen atoms in total. The van der Waals surface area contributed by atoms with Gasteiger partial charge in [0.05, 0.1) is 22.6 Å². The highest BCUT2D eigenvalue weighted by molar-refractivity contribution is 7.89. The monoisotopic (exact) mass is 528 g/mol. The summed E-state index contributed by atoms with van der Waals surface area (Å²) in [4.78, 5) is 12.4. The number of nitrogens with one attached hydrogen (secondary N) is 2. The first kappa shape index (κ1) is 26.6. The Labute approximate surface area is 221 Å². The van der Waals surface area contributed by atoms with E-state index in [-0.39, 0.29) is 16.2 Å². The molecule has 1 aromatic heterocycles. The lowest BCUT2D eigenvalue weighted by atomic mass is 10.0. The summed E-state index contributed by atoms with van der Waals surface area (Å²) in [6.07, 6.45) is 0. The molecule has 3 aromatic carbocycles. The first-order chi connectivity index (χ1) is 17.9. The van der Waals surface area contributed by atoms with E-state index in [2.05, 4.69) is 27.3 Å². The van der Waals surface area contributed by atoms with E-state index in [1.807, 2.05) is 0 Å². The van der Waals surface area contributed by atoms with E-state index in [1.165, 1.54) is 16.8 Å². The molecule has 0 fully saturated rings. The van der Waals surface area contributed by atoms with E-state index in [0.717, 1.165) is 0 Å². The number of nitriles is 1. The lowest BCUT2D eigenvalue weighted by molar-refractivity contribution is 0.0688. The Balaban J connectivity index is 1.71. The molecule has 0 amide bonds. The van der Waals surface area contributed by atoms with Gasteiger partial charge in [-0.1, -0.05) is 30.3 Å². The van der Waals surface area contributed by atoms with Gasteiger partial charge in [0.15, 0.2) is 5.69 Å². The number of aromatic carboxylic acids is 1. The Bertz CT molecular complexity index is 1660. The van der Waals surface area contributed by atoms with Crippen molar-refractivity contribution < 1.29 is 18.3 Å². The highest BCUT2D eigenvalue weighted by atomic mass is 32.2. The van der Waals surface area contributed by atoms with Crippen molar-refractivity contribution in [2.45, 2.75) is 38.1 Å². The van der Waals surface area contributed by atoms with E-state index in [4.69, 9.17) is 0 Å². The van der Waals surface area contributed by atoms with Gasteiger partial charge in [-0.2, -0.15) is 10.4 Å². The van der Waals surface area contributed by atoms with Crippen LogP contribution in [0, 0.1) is 24.3 Å². The molecule has 193 valence electrons. The molecule has 1 radical (unpaired) electrons. The number of para-hydroxylation sites is 1. The van der Waals surface area contributed by atoms with E-state index in [0.29, 0.717) is 33.9 Å². The Morgan fingerprint density at radius 3 is 2.42 bits per heavy atom. The molecule has 0 bridgehead atoms. The van der Waals surface area contributed by atoms with Crippen LogP contribution in [0.25, 0.3) is 16.8 Å². The summed E-state index contributed by atoms with van der Waals surface area (Å²) in [5.41, 5.74) is 2.36. The van der Waals surface area contributed by atoms with Crippen molar-refractivity contribution in [3.63, 3.8) is 0 Å². The number of carboxylic acids is 1. The van der Waals surface area contributed by atoms with Gasteiger partial charge in [-0.3, -0.25) is 0 Å². The van der Waals surface area contributed by atoms with Gasteiger partial charge in [-0.25, -0.2) is 22.6 Å². The van der Waals surface area contributed by atoms with Crippen molar-refractivity contribution in [1.82, 2.24) is 14.5 Å². The number of nitrogens with zero attached hydrogens (tertiary/aromatic N) is 3. The quantitative estimate of drug-likeness (QED) is 0.306. The zero-order valence-corrected chi connectivity index (χ0v) is 22.1. The van der Waals surface area contributed by atoms with Crippen LogP contribution in [-0.4, -0.2) is 34.8 Å². The molecule has 0 saturated carbocycles. The number of hydrogen-bond donors (Lipinski definition) is 3. The van der Waals surface area contributed by atoms with Gasteiger partial charge in [-0.15, -0.1) is 0 Å². The van der Waals surface area contributed by atoms with Gasteiger partial charge in [0.25, 0.3) is 0 Å². The first-order valence-corrected chi connectivity index (χ1v) is 13.1. The van der Waals surface area contributed by atoms with Crippen molar-refractivity contribution in [1.29, 1.82) is 5.26 Å². The molecule has 1 heterocycles. The molecule has 0 saturated heterocycles. The lowest BCUT2D eigenvalue weighted by Crippen LogP contribution is -2.40. The number of rotatable bonds is 7. The third kappa shape index (κ3) is 5.44. The number of aromatic nitrogens is 2. The second-order valence-corrected chi connectivity index (χ2v) is 11.3. The van der Waals surface area contributed by atoms with Crippen molar-refractivity contribution in [3.8, 4) is 22.9 Å². The molecular weight excluding hydrogens is 502 g/mol. The summed E-state index contributed by atoms with van der Waals surface area (Å²) in [5.74, 6) is -1.19. The van der Waals surface area contributed by atoms with Gasteiger partial charge in [0.1, 0.15) is 11.0 Å². The first-order valence-electron chi connectivity index (χ1n) is 11.7. The molecule has 38 heavy (non-hydrogen) atoms. The van der Waals surface area contributed by atoms with E-state index < -0.39 is 21.5 Å². The topological polar surface area (TPSA) is 137 Å². The maximum absolute atomic E-state index is 13.0. The normalized spacial score (nSPS) is 11.7. The summed E-state index contributed by atoms with van der Waals surface area (Å²) in [6.45, 7) is 7.01. The predicted molar refractivity (Wildman–Crippen MR) is 144 cm³/mol. The molecular formula is C28H26N5O4S. The van der Waals surface area contributed by atoms with Crippen LogP contribution in [0.1, 0.15) is 42.5 Å². The smallest absolute Gasteiger partial charge is 0.355 e. The fourth-order valence-electron chi connectivity index (χ4n) is 4.07. The van der Waals surface area contributed by atoms with Crippen molar-refractivity contribution in [2.24, 2.45) is 0 Å². The third-order valence-electron chi connectivity index (χ3n) is 5.52. The van der Waals surface area contributed by atoms with Gasteiger partial charge in [0, 0.05) is 16.8 Å². The summed E-state index contributed by atoms with van der Waals surface area (Å²) < 4.78 is 29.8. The molecule has 0 aliphatic heterocycles. The van der Waals surface area contributed by atoms with Gasteiger partial charge in [-0.05, 0) is 75.7 Å². The number of aryl methyl sites for hydroxylation is 1. The second kappa shape index (κ2) is 10.1. The molecule has 4 rings (SSSR count). The Morgan fingerprint density at radius 1 is 1.11 bits per heavy atom. The Hall–Kier alpha value is -4.46. The predicted octanol–water partition coefficient (Wildman–Crippen LogP) is 5.04. The van der Waals surface area contributed by atoms with Crippen LogP contribution in [0.15, 0.2) is 71.6 Å². The highest BCUT2D eigenvalue weighted by Gasteiger charge is 2.26. The Kier molecular flexibility index (Phi) is 7.09. The van der Waals surface area contributed by atoms with Crippen LogP contribution in [0.5, 0.6) is 0 Å². The largest absolute Gasteiger partial charge is 0.476 e. The van der Waals surface area contributed by atoms with E-state index in [1.54, 1.807) is 82.3 Å². The molecule has 10 heteroatoms. The summed E-state index contributed by atoms with van der Waals surface area (Å²) in [5, 5.41) is 27.1. The number of anilines is 2.